The second-order valence-corrected chi connectivity index (χ2v) is 9.59. The van der Waals surface area contributed by atoms with Gasteiger partial charge in [0.15, 0.2) is 5.82 Å². The standard InChI is InChI=1S/C20H21BrClFN6O2S.C2H6/c1-32(30)9-3-2-8-25-11-26-16-7-5-13(19-28-29-20(24)31-19)18(17(16)23)27-15-6-4-12(21)10-14(15)22;1-2/h4-7,10-11,27H,2-3,8-9H2,1H3,(H2,24,29)(H,25,26);1-2H3. The zero-order valence-electron chi connectivity index (χ0n) is 19.1. The number of aromatic nitrogens is 2. The first-order chi connectivity index (χ1) is 16.3. The van der Waals surface area contributed by atoms with Crippen molar-refractivity contribution in [1.29, 1.82) is 0 Å². The highest BCUT2D eigenvalue weighted by molar-refractivity contribution is 9.10. The van der Waals surface area contributed by atoms with Crippen molar-refractivity contribution in [3.63, 3.8) is 0 Å². The average Bonchev–Trinajstić information content (AvgIpc) is 3.24. The minimum absolute atomic E-state index is 0.0608. The first-order valence-corrected chi connectivity index (χ1v) is 13.4. The number of unbranched alkanes of at least 4 members (excludes halogenated alkanes) is 1. The van der Waals surface area contributed by atoms with E-state index >= 15 is 4.39 Å². The molecule has 8 nitrogen and oxygen atoms in total. The fraction of sp³-hybridized carbons (Fsp3) is 0.318. The molecule has 1 atom stereocenters. The molecule has 0 spiro atoms. The lowest BCUT2D eigenvalue weighted by Crippen LogP contribution is -2.04. The summed E-state index contributed by atoms with van der Waals surface area (Å²) in [5, 5.41) is 13.7. The number of nitrogens with two attached hydrogens (primary N) is 1. The fourth-order valence-corrected chi connectivity index (χ4v) is 4.08. The third kappa shape index (κ3) is 8.07. The number of hydrogen-bond donors (Lipinski definition) is 3. The molecule has 1 aromatic heterocycles. The van der Waals surface area contributed by atoms with Crippen LogP contribution in [0.25, 0.3) is 11.5 Å². The molecule has 0 radical (unpaired) electrons. The first-order valence-electron chi connectivity index (χ1n) is 10.5. The Bertz CT molecular complexity index is 1140. The Balaban J connectivity index is 0.00000199. The summed E-state index contributed by atoms with van der Waals surface area (Å²) in [5.74, 6) is 0.115. The molecule has 3 aromatic rings. The number of aliphatic imine (C=N–C) groups is 1. The Labute approximate surface area is 214 Å². The molecule has 0 aliphatic rings. The lowest BCUT2D eigenvalue weighted by molar-refractivity contribution is 0.588. The molecule has 34 heavy (non-hydrogen) atoms. The van der Waals surface area contributed by atoms with Gasteiger partial charge in [0.1, 0.15) is 0 Å². The quantitative estimate of drug-likeness (QED) is 0.149. The van der Waals surface area contributed by atoms with Crippen molar-refractivity contribution >= 4 is 67.7 Å². The number of rotatable bonds is 10. The second kappa shape index (κ2) is 14.0. The summed E-state index contributed by atoms with van der Waals surface area (Å²) in [6, 6.07) is 8.20. The molecule has 1 heterocycles. The van der Waals surface area contributed by atoms with Crippen LogP contribution < -0.4 is 16.4 Å². The minimum Gasteiger partial charge on any atom is -0.403 e. The smallest absolute Gasteiger partial charge is 0.313 e. The van der Waals surface area contributed by atoms with Gasteiger partial charge < -0.3 is 20.8 Å². The van der Waals surface area contributed by atoms with E-state index in [1.807, 2.05) is 13.8 Å². The van der Waals surface area contributed by atoms with Crippen LogP contribution in [0.1, 0.15) is 26.7 Å². The van der Waals surface area contributed by atoms with Crippen LogP contribution in [0.2, 0.25) is 5.02 Å². The van der Waals surface area contributed by atoms with Crippen LogP contribution in [-0.4, -0.2) is 39.3 Å². The molecule has 1 unspecified atom stereocenters. The third-order valence-corrected chi connectivity index (χ3v) is 5.95. The van der Waals surface area contributed by atoms with Crippen molar-refractivity contribution in [3.05, 3.63) is 45.6 Å². The molecule has 0 fully saturated rings. The Kier molecular flexibility index (Phi) is 11.4. The zero-order chi connectivity index (χ0) is 25.1. The largest absolute Gasteiger partial charge is 0.403 e. The summed E-state index contributed by atoms with van der Waals surface area (Å²) in [5.41, 5.74) is 6.61. The van der Waals surface area contributed by atoms with Crippen molar-refractivity contribution in [2.45, 2.75) is 26.7 Å². The molecule has 12 heteroatoms. The molecular formula is C22H27BrClFN6O2S. The molecule has 4 N–H and O–H groups in total. The Hall–Kier alpha value is -2.50. The van der Waals surface area contributed by atoms with Crippen LogP contribution in [0, 0.1) is 5.82 Å². The van der Waals surface area contributed by atoms with Crippen molar-refractivity contribution in [2.24, 2.45) is 4.99 Å². The van der Waals surface area contributed by atoms with E-state index in [1.165, 1.54) is 12.4 Å². The lowest BCUT2D eigenvalue weighted by atomic mass is 10.1. The van der Waals surface area contributed by atoms with E-state index in [0.29, 0.717) is 28.6 Å². The van der Waals surface area contributed by atoms with Crippen molar-refractivity contribution in [2.75, 3.05) is 34.9 Å². The van der Waals surface area contributed by atoms with E-state index < -0.39 is 16.6 Å². The van der Waals surface area contributed by atoms with Gasteiger partial charge in [-0.25, -0.2) is 4.39 Å². The Morgan fingerprint density at radius 2 is 1.97 bits per heavy atom. The normalized spacial score (nSPS) is 11.7. The molecule has 0 saturated heterocycles. The summed E-state index contributed by atoms with van der Waals surface area (Å²) in [7, 11) is -0.806. The van der Waals surface area contributed by atoms with Crippen LogP contribution in [0.5, 0.6) is 0 Å². The summed E-state index contributed by atoms with van der Waals surface area (Å²) in [4.78, 5) is 4.22. The van der Waals surface area contributed by atoms with Crippen LogP contribution in [-0.2, 0) is 10.8 Å². The lowest BCUT2D eigenvalue weighted by Gasteiger charge is -2.15. The van der Waals surface area contributed by atoms with Crippen LogP contribution in [0.15, 0.2) is 44.2 Å². The molecule has 184 valence electrons. The molecule has 0 aliphatic carbocycles. The van der Waals surface area contributed by atoms with E-state index in [-0.39, 0.29) is 23.3 Å². The third-order valence-electron chi connectivity index (χ3n) is 4.28. The van der Waals surface area contributed by atoms with Crippen molar-refractivity contribution in [1.82, 2.24) is 10.2 Å². The van der Waals surface area contributed by atoms with Crippen LogP contribution in [0.3, 0.4) is 0 Å². The molecular weight excluding hydrogens is 547 g/mol. The number of nitrogens with one attached hydrogen (secondary N) is 2. The number of halogens is 3. The zero-order valence-corrected chi connectivity index (χ0v) is 22.2. The SMILES string of the molecule is CC.CS(=O)CCCCN=CNc1ccc(-c2nnc(N)o2)c(Nc2ccc(Br)cc2Cl)c1F. The van der Waals surface area contributed by atoms with Gasteiger partial charge in [0, 0.05) is 33.8 Å². The van der Waals surface area contributed by atoms with E-state index in [0.717, 1.165) is 17.3 Å². The maximum atomic E-state index is 15.4. The monoisotopic (exact) mass is 572 g/mol. The summed E-state index contributed by atoms with van der Waals surface area (Å²) < 4.78 is 32.6. The van der Waals surface area contributed by atoms with Gasteiger partial charge in [-0.05, 0) is 43.2 Å². The predicted octanol–water partition coefficient (Wildman–Crippen LogP) is 6.24. The maximum absolute atomic E-state index is 15.4. The highest BCUT2D eigenvalue weighted by Crippen LogP contribution is 2.38. The summed E-state index contributed by atoms with van der Waals surface area (Å²) in [6.45, 7) is 4.55. The predicted molar refractivity (Wildman–Crippen MR) is 143 cm³/mol. The van der Waals surface area contributed by atoms with Gasteiger partial charge in [-0.1, -0.05) is 46.5 Å². The van der Waals surface area contributed by atoms with E-state index in [2.05, 4.69) is 41.8 Å². The number of nitrogen functional groups attached to an aromatic ring is 1. The van der Waals surface area contributed by atoms with Crippen LogP contribution in [0.4, 0.5) is 27.5 Å². The van der Waals surface area contributed by atoms with E-state index in [4.69, 9.17) is 21.8 Å². The Morgan fingerprint density at radius 1 is 1.24 bits per heavy atom. The summed E-state index contributed by atoms with van der Waals surface area (Å²) in [6.07, 6.45) is 4.72. The Morgan fingerprint density at radius 3 is 2.62 bits per heavy atom. The van der Waals surface area contributed by atoms with Gasteiger partial charge in [0.05, 0.1) is 34.0 Å². The van der Waals surface area contributed by atoms with Gasteiger partial charge in [-0.2, -0.15) is 0 Å². The van der Waals surface area contributed by atoms with Crippen molar-refractivity contribution < 1.29 is 13.0 Å². The van der Waals surface area contributed by atoms with Gasteiger partial charge in [0.2, 0.25) is 0 Å². The topological polar surface area (TPSA) is 118 Å². The van der Waals surface area contributed by atoms with Crippen LogP contribution >= 0.6 is 27.5 Å². The molecule has 0 bridgehead atoms. The molecule has 2 aromatic carbocycles. The minimum atomic E-state index is -0.806. The van der Waals surface area contributed by atoms with Crippen molar-refractivity contribution in [3.8, 4) is 11.5 Å². The second-order valence-electron chi connectivity index (χ2n) is 6.71. The average molecular weight is 574 g/mol. The van der Waals surface area contributed by atoms with Gasteiger partial charge in [-0.15, -0.1) is 5.10 Å². The molecule has 0 aliphatic heterocycles. The number of anilines is 4. The van der Waals surface area contributed by atoms with Gasteiger partial charge >= 0.3 is 6.01 Å². The highest BCUT2D eigenvalue weighted by Gasteiger charge is 2.19. The summed E-state index contributed by atoms with van der Waals surface area (Å²) >= 11 is 9.64. The van der Waals surface area contributed by atoms with Gasteiger partial charge in [0.25, 0.3) is 5.89 Å². The molecule has 3 rings (SSSR count). The first kappa shape index (κ1) is 27.7. The van der Waals surface area contributed by atoms with E-state index in [9.17, 15) is 4.21 Å². The van der Waals surface area contributed by atoms with Gasteiger partial charge in [-0.3, -0.25) is 9.20 Å². The molecule has 0 amide bonds. The number of hydrogen-bond acceptors (Lipinski definition) is 7. The number of nitrogens with zero attached hydrogens (tertiary/aromatic N) is 3. The maximum Gasteiger partial charge on any atom is 0.313 e. The molecule has 0 saturated carbocycles. The fourth-order valence-electron chi connectivity index (χ4n) is 2.75. The van der Waals surface area contributed by atoms with E-state index in [1.54, 1.807) is 30.5 Å². The number of benzene rings is 2. The highest BCUT2D eigenvalue weighted by atomic mass is 79.9.